The molecule has 3 N–H and O–H groups in total. The van der Waals surface area contributed by atoms with Crippen molar-refractivity contribution in [2.24, 2.45) is 18.9 Å². The summed E-state index contributed by atoms with van der Waals surface area (Å²) < 4.78 is 26.9. The summed E-state index contributed by atoms with van der Waals surface area (Å²) in [5, 5.41) is 14.1. The molecule has 0 spiro atoms. The van der Waals surface area contributed by atoms with E-state index in [1.165, 1.54) is 10.6 Å². The number of pyridine rings is 2. The van der Waals surface area contributed by atoms with Crippen molar-refractivity contribution in [3.63, 3.8) is 0 Å². The highest BCUT2D eigenvalue weighted by molar-refractivity contribution is 7.89. The fourth-order valence-electron chi connectivity index (χ4n) is 6.48. The molecule has 3 atom stereocenters. The summed E-state index contributed by atoms with van der Waals surface area (Å²) in [5.74, 6) is 0.871. The first-order valence-electron chi connectivity index (χ1n) is 14.6. The topological polar surface area (TPSA) is 159 Å². The number of piperidine rings is 1. The van der Waals surface area contributed by atoms with Gasteiger partial charge in [-0.25, -0.2) is 28.1 Å². The maximum absolute atomic E-state index is 13.7. The molecule has 1 aliphatic carbocycles. The number of rotatable bonds is 7. The third-order valence-corrected chi connectivity index (χ3v) is 9.43. The lowest BCUT2D eigenvalue weighted by Crippen LogP contribution is -2.45. The van der Waals surface area contributed by atoms with Gasteiger partial charge in [-0.1, -0.05) is 17.7 Å². The molecule has 1 saturated carbocycles. The Labute approximate surface area is 265 Å². The zero-order valence-electron chi connectivity index (χ0n) is 25.3. The van der Waals surface area contributed by atoms with Gasteiger partial charge in [0.1, 0.15) is 16.8 Å². The Bertz CT molecular complexity index is 1970. The fraction of sp³-hybridized carbons (Fsp3) is 0.387. The molecule has 1 aliphatic heterocycles. The number of hydrogen-bond acceptors (Lipinski definition) is 10. The summed E-state index contributed by atoms with van der Waals surface area (Å²) in [6.45, 7) is 5.27. The van der Waals surface area contributed by atoms with E-state index in [2.05, 4.69) is 15.2 Å². The third kappa shape index (κ3) is 6.11. The first-order valence-corrected chi connectivity index (χ1v) is 16.9. The van der Waals surface area contributed by atoms with Crippen molar-refractivity contribution in [1.29, 1.82) is 0 Å². The molecule has 2 fully saturated rings. The predicted molar refractivity (Wildman–Crippen MR) is 173 cm³/mol. The van der Waals surface area contributed by atoms with Crippen LogP contribution in [0.3, 0.4) is 0 Å². The largest absolute Gasteiger partial charge is 0.392 e. The number of amides is 1. The molecule has 6 rings (SSSR count). The Morgan fingerprint density at radius 3 is 2.47 bits per heavy atom. The van der Waals surface area contributed by atoms with Crippen LogP contribution in [0, 0.1) is 18.8 Å². The van der Waals surface area contributed by atoms with Crippen molar-refractivity contribution in [2.45, 2.75) is 38.8 Å². The predicted octanol–water partition coefficient (Wildman–Crippen LogP) is 3.42. The lowest BCUT2D eigenvalue weighted by atomic mass is 9.95. The minimum Gasteiger partial charge on any atom is -0.392 e. The highest BCUT2D eigenvalue weighted by Gasteiger charge is 2.41. The average Bonchev–Trinajstić information content (AvgIpc) is 3.18. The maximum Gasteiger partial charge on any atom is 0.285 e. The van der Waals surface area contributed by atoms with Gasteiger partial charge in [0.05, 0.1) is 35.0 Å². The zero-order valence-corrected chi connectivity index (χ0v) is 26.9. The number of sulfonamides is 1. The van der Waals surface area contributed by atoms with Gasteiger partial charge in [0, 0.05) is 49.3 Å². The van der Waals surface area contributed by atoms with Gasteiger partial charge in [-0.15, -0.1) is 0 Å². The number of aryl methyl sites for hydroxylation is 1. The second-order valence-electron chi connectivity index (χ2n) is 12.0. The monoisotopic (exact) mass is 651 g/mol. The number of benzene rings is 1. The molecule has 1 amide bonds. The lowest BCUT2D eigenvalue weighted by Gasteiger charge is -2.36. The Morgan fingerprint density at radius 2 is 1.82 bits per heavy atom. The summed E-state index contributed by atoms with van der Waals surface area (Å²) >= 11 is 6.03. The molecule has 14 heteroatoms. The van der Waals surface area contributed by atoms with Crippen LogP contribution in [0.1, 0.15) is 47.4 Å². The Hall–Kier alpha value is -4.07. The zero-order chi connectivity index (χ0) is 32.2. The van der Waals surface area contributed by atoms with Crippen LogP contribution in [-0.2, 0) is 17.1 Å². The molecule has 236 valence electrons. The average molecular weight is 652 g/mol. The minimum atomic E-state index is -3.85. The fourth-order valence-corrected chi connectivity index (χ4v) is 7.06. The van der Waals surface area contributed by atoms with Crippen molar-refractivity contribution in [3.05, 3.63) is 74.9 Å². The number of aromatic nitrogens is 4. The summed E-state index contributed by atoms with van der Waals surface area (Å²) in [5.41, 5.74) is 2.53. The van der Waals surface area contributed by atoms with Crippen molar-refractivity contribution in [1.82, 2.24) is 24.2 Å². The van der Waals surface area contributed by atoms with E-state index in [4.69, 9.17) is 21.6 Å². The van der Waals surface area contributed by atoms with Gasteiger partial charge in [-0.05, 0) is 62.6 Å². The Kier molecular flexibility index (Phi) is 8.04. The van der Waals surface area contributed by atoms with Crippen LogP contribution in [0.15, 0.2) is 47.4 Å². The first-order chi connectivity index (χ1) is 21.3. The van der Waals surface area contributed by atoms with E-state index in [9.17, 15) is 23.1 Å². The van der Waals surface area contributed by atoms with Crippen molar-refractivity contribution in [3.8, 4) is 11.4 Å². The van der Waals surface area contributed by atoms with E-state index in [0.717, 1.165) is 43.6 Å². The Morgan fingerprint density at radius 1 is 1.11 bits per heavy atom. The molecule has 3 aromatic heterocycles. The molecule has 2 aliphatic rings. The molecule has 2 unspecified atom stereocenters. The van der Waals surface area contributed by atoms with E-state index in [0.29, 0.717) is 27.9 Å². The van der Waals surface area contributed by atoms with Gasteiger partial charge < -0.3 is 15.3 Å². The normalized spacial score (nSPS) is 20.3. The van der Waals surface area contributed by atoms with Crippen LogP contribution in [0.2, 0.25) is 5.15 Å². The molecule has 4 aromatic rings. The molecule has 4 heterocycles. The van der Waals surface area contributed by atoms with Crippen LogP contribution >= 0.6 is 11.6 Å². The highest BCUT2D eigenvalue weighted by atomic mass is 35.5. The molecular formula is C31H34ClN7O5S. The van der Waals surface area contributed by atoms with Crippen LogP contribution in [0.5, 0.6) is 0 Å². The van der Waals surface area contributed by atoms with Gasteiger partial charge in [0.2, 0.25) is 10.0 Å². The third-order valence-electron chi connectivity index (χ3n) is 8.66. The second-order valence-corrected chi connectivity index (χ2v) is 14.2. The van der Waals surface area contributed by atoms with Crippen molar-refractivity contribution >= 4 is 49.9 Å². The molecule has 1 aromatic carbocycles. The molecular weight excluding hydrogens is 618 g/mol. The number of nitrogens with one attached hydrogen (secondary N) is 2. The molecule has 0 radical (unpaired) electrons. The lowest BCUT2D eigenvalue weighted by molar-refractivity contribution is 0.0790. The number of aliphatic hydroxyl groups is 1. The number of halogens is 1. The van der Waals surface area contributed by atoms with E-state index >= 15 is 0 Å². The van der Waals surface area contributed by atoms with Gasteiger partial charge in [-0.2, -0.15) is 0 Å². The summed E-state index contributed by atoms with van der Waals surface area (Å²) in [4.78, 5) is 42.4. The minimum absolute atomic E-state index is 0.0209. The van der Waals surface area contributed by atoms with Crippen LogP contribution < -0.4 is 20.5 Å². The van der Waals surface area contributed by atoms with E-state index in [-0.39, 0.29) is 40.0 Å². The van der Waals surface area contributed by atoms with E-state index in [1.54, 1.807) is 25.4 Å². The van der Waals surface area contributed by atoms with Crippen LogP contribution in [-0.4, -0.2) is 64.4 Å². The Balaban J connectivity index is 1.35. The summed E-state index contributed by atoms with van der Waals surface area (Å²) in [6, 6.07) is 10.1. The smallest absolute Gasteiger partial charge is 0.285 e. The van der Waals surface area contributed by atoms with E-state index in [1.807, 2.05) is 36.8 Å². The van der Waals surface area contributed by atoms with Crippen molar-refractivity contribution < 1.29 is 18.3 Å². The molecule has 1 saturated heterocycles. The second kappa shape index (κ2) is 11.7. The number of aliphatic hydroxyl groups excluding tert-OH is 1. The quantitative estimate of drug-likeness (QED) is 0.253. The van der Waals surface area contributed by atoms with Crippen LogP contribution in [0.4, 0.5) is 11.5 Å². The number of fused-ring (bicyclic) bond motifs is 3. The van der Waals surface area contributed by atoms with Gasteiger partial charge >= 0.3 is 0 Å². The standard InChI is InChI=1S/C31H34ClN7O5S/c1-16-11-21(17(2)34-23-8-9-24(32)35-27(23)30(41)37-45(4,43)44)26-22(12-16)31(42)38(3)29(36-26)18-7-10-25(33-13-18)39-14-19-5-6-20(15-39)28(19)40/h7-13,17,19-20,28,34,40H,5-6,14-15H2,1-4H3,(H,37,41)/t17-,19?,20?,28?/m1/s1. The number of nitrogens with zero attached hydrogens (tertiary/aromatic N) is 5. The first kappa shape index (κ1) is 30.9. The van der Waals surface area contributed by atoms with Gasteiger partial charge in [0.15, 0.2) is 5.69 Å². The summed E-state index contributed by atoms with van der Waals surface area (Å²) in [6.07, 6.45) is 4.42. The summed E-state index contributed by atoms with van der Waals surface area (Å²) in [7, 11) is -2.17. The molecule has 12 nitrogen and oxygen atoms in total. The van der Waals surface area contributed by atoms with Gasteiger partial charge in [-0.3, -0.25) is 14.2 Å². The maximum atomic E-state index is 13.7. The number of carbonyl (C=O) groups excluding carboxylic acids is 1. The molecule has 45 heavy (non-hydrogen) atoms. The number of hydrogen-bond donors (Lipinski definition) is 3. The molecule has 2 bridgehead atoms. The number of anilines is 2. The van der Waals surface area contributed by atoms with Crippen LogP contribution in [0.25, 0.3) is 22.3 Å². The van der Waals surface area contributed by atoms with Crippen molar-refractivity contribution in [2.75, 3.05) is 29.6 Å². The highest BCUT2D eigenvalue weighted by Crippen LogP contribution is 2.38. The van der Waals surface area contributed by atoms with E-state index < -0.39 is 22.0 Å². The van der Waals surface area contributed by atoms with Gasteiger partial charge in [0.25, 0.3) is 11.5 Å². The number of carbonyl (C=O) groups is 1. The SMILES string of the molecule is Cc1cc([C@@H](C)Nc2ccc(Cl)nc2C(=O)NS(C)(=O)=O)c2nc(-c3ccc(N4CC5CCC(C4)C5O)nc3)n(C)c(=O)c2c1.